The fourth-order valence-electron chi connectivity index (χ4n) is 3.06. The number of pyridine rings is 1. The summed E-state index contributed by atoms with van der Waals surface area (Å²) in [6, 6.07) is 17.3. The predicted molar refractivity (Wildman–Crippen MR) is 98.6 cm³/mol. The highest BCUT2D eigenvalue weighted by molar-refractivity contribution is 6.05. The van der Waals surface area contributed by atoms with Crippen molar-refractivity contribution in [1.82, 2.24) is 4.98 Å². The number of carbonyl (C=O) groups excluding carboxylic acids is 2. The minimum Gasteiger partial charge on any atom is -0.504 e. The molecule has 3 aromatic rings. The molecule has 1 aliphatic rings. The number of aromatic nitrogens is 1. The summed E-state index contributed by atoms with van der Waals surface area (Å²) in [6.07, 6.45) is 1.58. The molecule has 1 amide bonds. The Morgan fingerprint density at radius 1 is 1.11 bits per heavy atom. The number of hydrogen-bond acceptors (Lipinski definition) is 5. The van der Waals surface area contributed by atoms with E-state index in [2.05, 4.69) is 10.3 Å². The summed E-state index contributed by atoms with van der Waals surface area (Å²) in [5.41, 5.74) is 2.49. The summed E-state index contributed by atoms with van der Waals surface area (Å²) in [6.45, 7) is 0. The summed E-state index contributed by atoms with van der Waals surface area (Å²) < 4.78 is 5.53. The van der Waals surface area contributed by atoms with Gasteiger partial charge in [-0.3, -0.25) is 4.79 Å². The maximum Gasteiger partial charge on any atom is 0.339 e. The molecule has 1 aliphatic heterocycles. The molecule has 0 fully saturated rings. The maximum absolute atomic E-state index is 12.5. The number of fused-ring (bicyclic) bond motifs is 1. The number of rotatable bonds is 3. The molecule has 0 aliphatic carbocycles. The van der Waals surface area contributed by atoms with Crippen LogP contribution in [-0.2, 0) is 11.2 Å². The molecular weight excluding hydrogens is 344 g/mol. The number of carbonyl (C=O) groups is 2. The lowest BCUT2D eigenvalue weighted by molar-refractivity contribution is 0.0252. The number of aromatic hydroxyl groups is 1. The lowest BCUT2D eigenvalue weighted by Crippen LogP contribution is -2.23. The number of nitrogens with zero attached hydrogens (tertiary/aromatic N) is 1. The summed E-state index contributed by atoms with van der Waals surface area (Å²) in [5.74, 6) is -0.847. The van der Waals surface area contributed by atoms with E-state index in [1.807, 2.05) is 30.3 Å². The first kappa shape index (κ1) is 16.8. The lowest BCUT2D eigenvalue weighted by atomic mass is 9.93. The minimum atomic E-state index is -0.415. The van der Waals surface area contributed by atoms with Gasteiger partial charge in [0.2, 0.25) is 0 Å². The van der Waals surface area contributed by atoms with Crippen molar-refractivity contribution in [2.24, 2.45) is 0 Å². The van der Waals surface area contributed by atoms with Crippen LogP contribution in [0.4, 0.5) is 5.82 Å². The minimum absolute atomic E-state index is 0.0850. The third kappa shape index (κ3) is 3.37. The molecule has 134 valence electrons. The predicted octanol–water partition coefficient (Wildman–Crippen LogP) is 3.49. The van der Waals surface area contributed by atoms with Gasteiger partial charge in [-0.1, -0.05) is 30.3 Å². The van der Waals surface area contributed by atoms with Crippen molar-refractivity contribution in [3.8, 4) is 5.75 Å². The van der Waals surface area contributed by atoms with Crippen LogP contribution in [0.2, 0.25) is 0 Å². The van der Waals surface area contributed by atoms with Gasteiger partial charge in [-0.25, -0.2) is 9.78 Å². The van der Waals surface area contributed by atoms with Crippen LogP contribution >= 0.6 is 0 Å². The highest BCUT2D eigenvalue weighted by atomic mass is 16.5. The number of amides is 1. The van der Waals surface area contributed by atoms with Gasteiger partial charge in [0.1, 0.15) is 6.10 Å². The third-order valence-electron chi connectivity index (χ3n) is 4.43. The second kappa shape index (κ2) is 6.92. The van der Waals surface area contributed by atoms with Crippen LogP contribution in [0.1, 0.15) is 37.9 Å². The van der Waals surface area contributed by atoms with Crippen molar-refractivity contribution >= 4 is 17.7 Å². The molecule has 0 spiro atoms. The van der Waals surface area contributed by atoms with Crippen LogP contribution in [0.25, 0.3) is 0 Å². The molecule has 2 aromatic carbocycles. The summed E-state index contributed by atoms with van der Waals surface area (Å²) in [4.78, 5) is 28.8. The first-order chi connectivity index (χ1) is 13.1. The van der Waals surface area contributed by atoms with E-state index in [-0.39, 0.29) is 17.7 Å². The molecule has 4 rings (SSSR count). The Labute approximate surface area is 155 Å². The Morgan fingerprint density at radius 2 is 1.93 bits per heavy atom. The van der Waals surface area contributed by atoms with Gasteiger partial charge in [0.25, 0.3) is 5.91 Å². The number of anilines is 1. The fourth-order valence-corrected chi connectivity index (χ4v) is 3.06. The fraction of sp³-hybridized carbons (Fsp3) is 0.0952. The first-order valence-electron chi connectivity index (χ1n) is 8.46. The van der Waals surface area contributed by atoms with E-state index in [9.17, 15) is 14.7 Å². The maximum atomic E-state index is 12.5. The third-order valence-corrected chi connectivity index (χ3v) is 4.43. The van der Waals surface area contributed by atoms with Gasteiger partial charge in [-0.2, -0.15) is 0 Å². The van der Waals surface area contributed by atoms with Gasteiger partial charge in [-0.15, -0.1) is 0 Å². The lowest BCUT2D eigenvalue weighted by Gasteiger charge is -2.25. The SMILES string of the molecule is O=C(Nc1ncccc1O)c1ccc2c(c1)CC(c1ccccc1)OC2=O. The van der Waals surface area contributed by atoms with Crippen molar-refractivity contribution in [3.05, 3.63) is 89.1 Å². The zero-order chi connectivity index (χ0) is 18.8. The number of cyclic esters (lactones) is 1. The van der Waals surface area contributed by atoms with E-state index in [1.54, 1.807) is 24.3 Å². The quantitative estimate of drug-likeness (QED) is 0.698. The summed E-state index contributed by atoms with van der Waals surface area (Å²) in [5, 5.41) is 12.3. The molecule has 27 heavy (non-hydrogen) atoms. The van der Waals surface area contributed by atoms with Crippen LogP contribution in [0.3, 0.4) is 0 Å². The molecule has 2 heterocycles. The number of benzene rings is 2. The van der Waals surface area contributed by atoms with E-state index in [0.717, 1.165) is 11.1 Å². The molecule has 1 atom stereocenters. The van der Waals surface area contributed by atoms with E-state index in [1.165, 1.54) is 12.3 Å². The smallest absolute Gasteiger partial charge is 0.339 e. The highest BCUT2D eigenvalue weighted by Gasteiger charge is 2.28. The van der Waals surface area contributed by atoms with Crippen LogP contribution < -0.4 is 5.32 Å². The van der Waals surface area contributed by atoms with Crippen LogP contribution in [0.5, 0.6) is 5.75 Å². The second-order valence-corrected chi connectivity index (χ2v) is 6.21. The number of hydrogen-bond donors (Lipinski definition) is 2. The zero-order valence-electron chi connectivity index (χ0n) is 14.3. The highest BCUT2D eigenvalue weighted by Crippen LogP contribution is 2.31. The summed E-state index contributed by atoms with van der Waals surface area (Å²) in [7, 11) is 0. The monoisotopic (exact) mass is 360 g/mol. The molecule has 2 N–H and O–H groups in total. The molecule has 1 unspecified atom stereocenters. The molecular formula is C21H16N2O4. The molecule has 0 bridgehead atoms. The van der Waals surface area contributed by atoms with Gasteiger partial charge in [0.05, 0.1) is 5.56 Å². The molecule has 1 aromatic heterocycles. The Morgan fingerprint density at radius 3 is 2.70 bits per heavy atom. The second-order valence-electron chi connectivity index (χ2n) is 6.21. The van der Waals surface area contributed by atoms with Gasteiger partial charge in [-0.05, 0) is 41.5 Å². The van der Waals surface area contributed by atoms with Crippen LogP contribution in [0, 0.1) is 0 Å². The van der Waals surface area contributed by atoms with Gasteiger partial charge in [0.15, 0.2) is 11.6 Å². The van der Waals surface area contributed by atoms with Gasteiger partial charge >= 0.3 is 5.97 Å². The van der Waals surface area contributed by atoms with Crippen molar-refractivity contribution < 1.29 is 19.4 Å². The normalized spacial score (nSPS) is 15.6. The Hall–Kier alpha value is -3.67. The topological polar surface area (TPSA) is 88.5 Å². The van der Waals surface area contributed by atoms with E-state index in [0.29, 0.717) is 17.5 Å². The van der Waals surface area contributed by atoms with Gasteiger partial charge < -0.3 is 15.2 Å². The molecule has 6 nitrogen and oxygen atoms in total. The molecule has 6 heteroatoms. The van der Waals surface area contributed by atoms with E-state index >= 15 is 0 Å². The Bertz CT molecular complexity index is 1020. The average molecular weight is 360 g/mol. The first-order valence-corrected chi connectivity index (χ1v) is 8.46. The Balaban J connectivity index is 1.60. The molecule has 0 saturated heterocycles. The van der Waals surface area contributed by atoms with E-state index < -0.39 is 11.9 Å². The van der Waals surface area contributed by atoms with Crippen molar-refractivity contribution in [1.29, 1.82) is 0 Å². The molecule has 0 saturated carbocycles. The standard InChI is InChI=1S/C21H16N2O4/c24-17-7-4-10-22-19(17)23-20(25)14-8-9-16-15(11-14)12-18(27-21(16)26)13-5-2-1-3-6-13/h1-11,18,24H,12H2,(H,22,23,25). The van der Waals surface area contributed by atoms with Crippen molar-refractivity contribution in [3.63, 3.8) is 0 Å². The number of ether oxygens (including phenoxy) is 1. The van der Waals surface area contributed by atoms with Gasteiger partial charge in [0, 0.05) is 18.2 Å². The number of esters is 1. The number of nitrogens with one attached hydrogen (secondary N) is 1. The average Bonchev–Trinajstić information content (AvgIpc) is 2.70. The van der Waals surface area contributed by atoms with Crippen molar-refractivity contribution in [2.75, 3.05) is 5.32 Å². The van der Waals surface area contributed by atoms with Crippen molar-refractivity contribution in [2.45, 2.75) is 12.5 Å². The van der Waals surface area contributed by atoms with E-state index in [4.69, 9.17) is 4.74 Å². The molecule has 0 radical (unpaired) electrons. The summed E-state index contributed by atoms with van der Waals surface area (Å²) >= 11 is 0. The Kier molecular flexibility index (Phi) is 4.30. The largest absolute Gasteiger partial charge is 0.504 e. The van der Waals surface area contributed by atoms with Crippen LogP contribution in [0.15, 0.2) is 66.9 Å². The zero-order valence-corrected chi connectivity index (χ0v) is 14.3. The van der Waals surface area contributed by atoms with Crippen LogP contribution in [-0.4, -0.2) is 22.0 Å².